The Labute approximate surface area is 97.0 Å². The molecule has 0 atom stereocenters. The molecule has 1 aliphatic carbocycles. The maximum Gasteiger partial charge on any atom is 0.332 e. The summed E-state index contributed by atoms with van der Waals surface area (Å²) in [5.74, 6) is -0.0501. The lowest BCUT2D eigenvalue weighted by atomic mass is 9.90. The van der Waals surface area contributed by atoms with Crippen molar-refractivity contribution in [2.75, 3.05) is 0 Å². The first-order chi connectivity index (χ1) is 8.10. The summed E-state index contributed by atoms with van der Waals surface area (Å²) in [4.78, 5) is 14.0. The van der Waals surface area contributed by atoms with Crippen LogP contribution in [0.15, 0.2) is 12.3 Å². The molecular weight excluding hydrogens is 224 g/mol. The van der Waals surface area contributed by atoms with Crippen LogP contribution in [-0.2, 0) is 0 Å². The normalized spacial score (nSPS) is 22.4. The Morgan fingerprint density at radius 3 is 2.88 bits per heavy atom. The second-order valence-electron chi connectivity index (χ2n) is 3.89. The molecule has 1 saturated carbocycles. The van der Waals surface area contributed by atoms with Gasteiger partial charge in [-0.3, -0.25) is 10.1 Å². The molecule has 7 heteroatoms. The van der Waals surface area contributed by atoms with Crippen LogP contribution in [0.2, 0.25) is 0 Å². The van der Waals surface area contributed by atoms with Crippen molar-refractivity contribution in [2.24, 2.45) is 5.73 Å². The minimum atomic E-state index is -0.609. The fourth-order valence-corrected chi connectivity index (χ4v) is 1.58. The second-order valence-corrected chi connectivity index (χ2v) is 3.89. The molecule has 2 rings (SSSR count). The number of nitriles is 1. The Hall–Kier alpha value is -2.20. The van der Waals surface area contributed by atoms with Gasteiger partial charge in [0.05, 0.1) is 10.5 Å². The zero-order chi connectivity index (χ0) is 12.4. The van der Waals surface area contributed by atoms with E-state index in [1.54, 1.807) is 6.07 Å². The number of hydrogen-bond donors (Lipinski definition) is 1. The number of aromatic nitrogens is 1. The Bertz CT molecular complexity index is 491. The molecule has 0 saturated heterocycles. The van der Waals surface area contributed by atoms with Crippen molar-refractivity contribution in [3.05, 3.63) is 27.9 Å². The third-order valence-corrected chi connectivity index (χ3v) is 2.57. The molecule has 1 heterocycles. The van der Waals surface area contributed by atoms with E-state index < -0.39 is 4.92 Å². The van der Waals surface area contributed by atoms with Gasteiger partial charge >= 0.3 is 5.69 Å². The van der Waals surface area contributed by atoms with Gasteiger partial charge in [-0.1, -0.05) is 0 Å². The molecule has 7 nitrogen and oxygen atoms in total. The number of nitrogens with two attached hydrogens (primary N) is 1. The summed E-state index contributed by atoms with van der Waals surface area (Å²) in [5.41, 5.74) is 5.43. The fraction of sp³-hybridized carbons (Fsp3) is 0.400. The van der Waals surface area contributed by atoms with E-state index in [9.17, 15) is 10.1 Å². The smallest absolute Gasteiger partial charge is 0.332 e. The third-order valence-electron chi connectivity index (χ3n) is 2.57. The van der Waals surface area contributed by atoms with Crippen molar-refractivity contribution >= 4 is 5.69 Å². The number of nitro groups is 1. The van der Waals surface area contributed by atoms with Crippen LogP contribution in [-0.4, -0.2) is 22.1 Å². The molecular formula is C10H10N4O3. The van der Waals surface area contributed by atoms with Crippen molar-refractivity contribution in [3.63, 3.8) is 0 Å². The molecule has 0 spiro atoms. The van der Waals surface area contributed by atoms with Gasteiger partial charge in [-0.15, -0.1) is 0 Å². The maximum absolute atomic E-state index is 10.8. The lowest BCUT2D eigenvalue weighted by Gasteiger charge is -2.31. The van der Waals surface area contributed by atoms with Crippen molar-refractivity contribution in [3.8, 4) is 11.9 Å². The van der Waals surface area contributed by atoms with Crippen LogP contribution in [0.4, 0.5) is 5.69 Å². The summed E-state index contributed by atoms with van der Waals surface area (Å²) in [6.45, 7) is 0. The molecule has 0 bridgehead atoms. The van der Waals surface area contributed by atoms with E-state index in [1.165, 1.54) is 6.20 Å². The second kappa shape index (κ2) is 4.35. The Kier molecular flexibility index (Phi) is 2.89. The first-order valence-electron chi connectivity index (χ1n) is 5.07. The molecule has 88 valence electrons. The van der Waals surface area contributed by atoms with Crippen molar-refractivity contribution < 1.29 is 9.66 Å². The van der Waals surface area contributed by atoms with E-state index in [0.717, 1.165) is 6.07 Å². The van der Waals surface area contributed by atoms with E-state index in [1.807, 2.05) is 0 Å². The molecule has 1 fully saturated rings. The standard InChI is InChI=1S/C10H10N4O3/c11-4-6-1-9(14(15)16)10(13-5-6)17-8-2-7(12)3-8/h1,5,7-8H,2-3,12H2. The van der Waals surface area contributed by atoms with Crippen molar-refractivity contribution in [1.29, 1.82) is 5.26 Å². The van der Waals surface area contributed by atoms with Gasteiger partial charge in [-0.05, 0) is 12.8 Å². The summed E-state index contributed by atoms with van der Waals surface area (Å²) in [6, 6.07) is 3.04. The van der Waals surface area contributed by atoms with E-state index in [0.29, 0.717) is 12.8 Å². The third kappa shape index (κ3) is 2.32. The van der Waals surface area contributed by atoms with Gasteiger partial charge in [0.15, 0.2) is 0 Å². The molecule has 0 aromatic carbocycles. The maximum atomic E-state index is 10.8. The number of nitrogens with zero attached hydrogens (tertiary/aromatic N) is 3. The summed E-state index contributed by atoms with van der Waals surface area (Å²) < 4.78 is 5.37. The van der Waals surface area contributed by atoms with Crippen LogP contribution < -0.4 is 10.5 Å². The molecule has 0 unspecified atom stereocenters. The number of hydrogen-bond acceptors (Lipinski definition) is 6. The monoisotopic (exact) mass is 234 g/mol. The zero-order valence-electron chi connectivity index (χ0n) is 8.87. The van der Waals surface area contributed by atoms with Crippen molar-refractivity contribution in [2.45, 2.75) is 25.0 Å². The highest BCUT2D eigenvalue weighted by Gasteiger charge is 2.30. The molecule has 1 aromatic heterocycles. The summed E-state index contributed by atoms with van der Waals surface area (Å²) in [7, 11) is 0. The molecule has 0 radical (unpaired) electrons. The lowest BCUT2D eigenvalue weighted by Crippen LogP contribution is -2.43. The van der Waals surface area contributed by atoms with Gasteiger partial charge in [0.1, 0.15) is 12.2 Å². The number of pyridine rings is 1. The van der Waals surface area contributed by atoms with E-state index in [2.05, 4.69) is 4.98 Å². The largest absolute Gasteiger partial charge is 0.469 e. The predicted octanol–water partition coefficient (Wildman–Crippen LogP) is 0.730. The highest BCUT2D eigenvalue weighted by Crippen LogP contribution is 2.30. The van der Waals surface area contributed by atoms with Crippen LogP contribution in [0, 0.1) is 21.4 Å². The van der Waals surface area contributed by atoms with Crippen LogP contribution in [0.25, 0.3) is 0 Å². The highest BCUT2D eigenvalue weighted by atomic mass is 16.6. The first kappa shape index (κ1) is 11.3. The summed E-state index contributed by atoms with van der Waals surface area (Å²) in [5, 5.41) is 19.4. The van der Waals surface area contributed by atoms with Crippen molar-refractivity contribution in [1.82, 2.24) is 4.98 Å². The minimum absolute atomic E-state index is 0.0501. The Morgan fingerprint density at radius 2 is 2.35 bits per heavy atom. The number of rotatable bonds is 3. The minimum Gasteiger partial charge on any atom is -0.469 e. The van der Waals surface area contributed by atoms with Gasteiger partial charge < -0.3 is 10.5 Å². The average Bonchev–Trinajstić information content (AvgIpc) is 2.27. The van der Waals surface area contributed by atoms with Gasteiger partial charge in [-0.25, -0.2) is 4.98 Å². The highest BCUT2D eigenvalue weighted by molar-refractivity contribution is 5.46. The van der Waals surface area contributed by atoms with Gasteiger partial charge in [0.25, 0.3) is 5.88 Å². The van der Waals surface area contributed by atoms with Gasteiger partial charge in [-0.2, -0.15) is 5.26 Å². The van der Waals surface area contributed by atoms with Gasteiger partial charge in [0.2, 0.25) is 0 Å². The SMILES string of the molecule is N#Cc1cnc(OC2CC(N)C2)c([N+](=O)[O-])c1. The van der Waals surface area contributed by atoms with E-state index in [-0.39, 0.29) is 29.3 Å². The van der Waals surface area contributed by atoms with Crippen LogP contribution in [0.3, 0.4) is 0 Å². The molecule has 0 amide bonds. The van der Waals surface area contributed by atoms with Crippen LogP contribution >= 0.6 is 0 Å². The quantitative estimate of drug-likeness (QED) is 0.608. The van der Waals surface area contributed by atoms with Crippen LogP contribution in [0.1, 0.15) is 18.4 Å². The number of ether oxygens (including phenoxy) is 1. The Balaban J connectivity index is 2.21. The first-order valence-corrected chi connectivity index (χ1v) is 5.07. The van der Waals surface area contributed by atoms with E-state index >= 15 is 0 Å². The van der Waals surface area contributed by atoms with Gasteiger partial charge in [0, 0.05) is 18.3 Å². The molecule has 0 aliphatic heterocycles. The zero-order valence-corrected chi connectivity index (χ0v) is 8.87. The average molecular weight is 234 g/mol. The lowest BCUT2D eigenvalue weighted by molar-refractivity contribution is -0.386. The van der Waals surface area contributed by atoms with Crippen LogP contribution in [0.5, 0.6) is 5.88 Å². The molecule has 17 heavy (non-hydrogen) atoms. The predicted molar refractivity (Wildman–Crippen MR) is 57.2 cm³/mol. The Morgan fingerprint density at radius 1 is 1.65 bits per heavy atom. The summed E-state index contributed by atoms with van der Waals surface area (Å²) in [6.07, 6.45) is 2.46. The summed E-state index contributed by atoms with van der Waals surface area (Å²) >= 11 is 0. The topological polar surface area (TPSA) is 115 Å². The fourth-order valence-electron chi connectivity index (χ4n) is 1.58. The molecule has 2 N–H and O–H groups in total. The van der Waals surface area contributed by atoms with E-state index in [4.69, 9.17) is 15.7 Å². The molecule has 1 aliphatic rings. The molecule has 1 aromatic rings.